The number of aromatic nitrogens is 2. The Labute approximate surface area is 238 Å². The van der Waals surface area contributed by atoms with Gasteiger partial charge >= 0.3 is 5.91 Å². The van der Waals surface area contributed by atoms with Crippen molar-refractivity contribution in [3.63, 3.8) is 0 Å². The van der Waals surface area contributed by atoms with Crippen molar-refractivity contribution < 1.29 is 14.3 Å². The van der Waals surface area contributed by atoms with Crippen molar-refractivity contribution in [3.05, 3.63) is 40.2 Å². The van der Waals surface area contributed by atoms with Gasteiger partial charge in [0, 0.05) is 25.9 Å². The maximum Gasteiger partial charge on any atom is 0.302 e. The topological polar surface area (TPSA) is 240 Å². The predicted molar refractivity (Wildman–Crippen MR) is 144 cm³/mol. The Hall–Kier alpha value is -4.64. The summed E-state index contributed by atoms with van der Waals surface area (Å²) in [6, 6.07) is 6.09. The predicted octanol–water partition coefficient (Wildman–Crippen LogP) is 2.11. The number of benzene rings is 1. The lowest BCUT2D eigenvalue weighted by atomic mass is 9.86. The second-order valence-corrected chi connectivity index (χ2v) is 9.93. The molecule has 0 unspecified atom stereocenters. The molecule has 0 aliphatic carbocycles. The maximum absolute atomic E-state index is 13.0. The molecule has 1 spiro atoms. The number of halogens is 1. The van der Waals surface area contributed by atoms with E-state index in [1.807, 2.05) is 17.0 Å². The lowest BCUT2D eigenvalue weighted by Crippen LogP contribution is -2.63. The fourth-order valence-corrected chi connectivity index (χ4v) is 5.11. The van der Waals surface area contributed by atoms with E-state index in [-0.39, 0.29) is 40.9 Å². The van der Waals surface area contributed by atoms with Gasteiger partial charge in [0.1, 0.15) is 5.75 Å². The summed E-state index contributed by atoms with van der Waals surface area (Å²) < 4.78 is 5.56. The lowest BCUT2D eigenvalue weighted by Gasteiger charge is -2.47. The molecule has 0 atom stereocenters. The number of hydrogen-bond donors (Lipinski definition) is 3. The molecule has 17 nitrogen and oxygen atoms in total. The van der Waals surface area contributed by atoms with Crippen molar-refractivity contribution in [1.82, 2.24) is 19.9 Å². The van der Waals surface area contributed by atoms with Crippen molar-refractivity contribution in [1.29, 1.82) is 0 Å². The first-order valence-electron chi connectivity index (χ1n) is 12.7. The molecule has 214 valence electrons. The molecule has 1 saturated heterocycles. The molecule has 5 rings (SSSR count). The molecule has 2 amide bonds. The number of rotatable bonds is 6. The number of azo groups is 1. The van der Waals surface area contributed by atoms with Crippen LogP contribution in [0.4, 0.5) is 11.6 Å². The van der Waals surface area contributed by atoms with Crippen LogP contribution in [0.5, 0.6) is 5.75 Å². The van der Waals surface area contributed by atoms with Crippen LogP contribution in [0.1, 0.15) is 40.9 Å². The zero-order valence-electron chi connectivity index (χ0n) is 21.9. The molecule has 4 heterocycles. The molecule has 0 saturated carbocycles. The van der Waals surface area contributed by atoms with E-state index >= 15 is 0 Å². The Bertz CT molecular complexity index is 1470. The number of amides is 2. The van der Waals surface area contributed by atoms with E-state index in [2.05, 4.69) is 51.9 Å². The van der Waals surface area contributed by atoms with Crippen LogP contribution < -0.4 is 22.3 Å². The van der Waals surface area contributed by atoms with E-state index in [1.165, 1.54) is 10.6 Å². The zero-order chi connectivity index (χ0) is 29.0. The monoisotopic (exact) mass is 582 g/mol. The first kappa shape index (κ1) is 27.9. The van der Waals surface area contributed by atoms with E-state index in [9.17, 15) is 9.59 Å². The van der Waals surface area contributed by atoms with Gasteiger partial charge < -0.3 is 21.3 Å². The van der Waals surface area contributed by atoms with E-state index in [1.54, 1.807) is 0 Å². The summed E-state index contributed by atoms with van der Waals surface area (Å²) >= 11 is 6.03. The zero-order valence-corrected chi connectivity index (χ0v) is 22.6. The van der Waals surface area contributed by atoms with Gasteiger partial charge in [0.15, 0.2) is 10.8 Å². The minimum atomic E-state index is -0.912. The number of hydrogen-bond acceptors (Lipinski definition) is 11. The van der Waals surface area contributed by atoms with Crippen molar-refractivity contribution in [3.8, 4) is 5.75 Å². The summed E-state index contributed by atoms with van der Waals surface area (Å²) in [5.41, 5.74) is 1.26. The van der Waals surface area contributed by atoms with Gasteiger partial charge in [0.25, 0.3) is 5.96 Å². The molecule has 1 aromatic carbocycles. The SMILES string of the molecule is NN=Nc1nc(N=NN)c(C(=O)/N=C2\N=NCC3(CCN(C(=O)CCc4ccc5c(c4)CCO5)CC3)N2N)nc1Cl. The summed E-state index contributed by atoms with van der Waals surface area (Å²) in [6.07, 6.45) is 2.96. The molecular formula is C23H27ClN14O3. The number of hydrazine groups is 1. The van der Waals surface area contributed by atoms with E-state index in [4.69, 9.17) is 33.9 Å². The normalized spacial score (nSPS) is 18.9. The quantitative estimate of drug-likeness (QED) is 0.256. The fraction of sp³-hybridized carbons (Fsp3) is 0.435. The van der Waals surface area contributed by atoms with Crippen molar-refractivity contribution in [2.45, 2.75) is 37.6 Å². The van der Waals surface area contributed by atoms with Crippen LogP contribution in [0, 0.1) is 0 Å². The number of nitrogens with zero attached hydrogens (tertiary/aromatic N) is 11. The average molecular weight is 583 g/mol. The number of piperidine rings is 1. The van der Waals surface area contributed by atoms with Gasteiger partial charge in [-0.3, -0.25) is 14.6 Å². The number of aryl methyl sites for hydroxylation is 1. The van der Waals surface area contributed by atoms with Crippen LogP contribution in [0.15, 0.2) is 54.1 Å². The first-order chi connectivity index (χ1) is 19.8. The number of aliphatic imine (C=N–C) groups is 1. The highest BCUT2D eigenvalue weighted by Gasteiger charge is 2.44. The Balaban J connectivity index is 1.24. The Morgan fingerprint density at radius 1 is 1.10 bits per heavy atom. The standard InChI is InChI=1S/C23H27ClN14O3/c24-18-20(33-36-26)30-19(32-35-25)17(29-18)21(40)31-22-34-28-12-23(38(22)27)6-8-37(9-7-23)16(39)4-2-13-1-3-15-14(11-13)5-10-41-15/h1,3,11H,2,4-10,12,27H2,(H4,25,26,30,32,33)/b31-22+. The first-order valence-corrected chi connectivity index (χ1v) is 13.1. The van der Waals surface area contributed by atoms with Crippen LogP contribution >= 0.6 is 11.6 Å². The highest BCUT2D eigenvalue weighted by molar-refractivity contribution is 6.31. The largest absolute Gasteiger partial charge is 0.493 e. The second kappa shape index (κ2) is 11.8. The van der Waals surface area contributed by atoms with Crippen LogP contribution in [0.25, 0.3) is 0 Å². The number of fused-ring (bicyclic) bond motifs is 1. The molecule has 0 bridgehead atoms. The molecule has 1 fully saturated rings. The highest BCUT2D eigenvalue weighted by atomic mass is 35.5. The Morgan fingerprint density at radius 2 is 1.85 bits per heavy atom. The van der Waals surface area contributed by atoms with Gasteiger partial charge in [-0.25, -0.2) is 15.8 Å². The summed E-state index contributed by atoms with van der Waals surface area (Å²) in [7, 11) is 0. The molecule has 41 heavy (non-hydrogen) atoms. The number of carbonyl (C=O) groups is 2. The minimum absolute atomic E-state index is 0.0661. The van der Waals surface area contributed by atoms with E-state index in [0.29, 0.717) is 45.4 Å². The average Bonchev–Trinajstić information content (AvgIpc) is 3.44. The van der Waals surface area contributed by atoms with Gasteiger partial charge in [0.2, 0.25) is 17.5 Å². The van der Waals surface area contributed by atoms with Gasteiger partial charge in [0.05, 0.1) is 18.7 Å². The highest BCUT2D eigenvalue weighted by Crippen LogP contribution is 2.32. The third-order valence-corrected chi connectivity index (χ3v) is 7.46. The van der Waals surface area contributed by atoms with E-state index < -0.39 is 11.4 Å². The molecule has 2 aromatic rings. The van der Waals surface area contributed by atoms with Crippen LogP contribution in [-0.4, -0.2) is 69.4 Å². The number of nitrogens with two attached hydrogens (primary N) is 3. The van der Waals surface area contributed by atoms with Crippen molar-refractivity contribution in [2.75, 3.05) is 26.2 Å². The number of likely N-dealkylation sites (tertiary alicyclic amines) is 1. The van der Waals surface area contributed by atoms with Gasteiger partial charge in [-0.05, 0) is 36.5 Å². The van der Waals surface area contributed by atoms with Gasteiger partial charge in [-0.15, -0.1) is 15.3 Å². The van der Waals surface area contributed by atoms with Gasteiger partial charge in [-0.2, -0.15) is 10.1 Å². The molecule has 18 heteroatoms. The van der Waals surface area contributed by atoms with Crippen molar-refractivity contribution >= 4 is 41.0 Å². The van der Waals surface area contributed by atoms with Crippen LogP contribution in [0.2, 0.25) is 5.15 Å². The number of carbonyl (C=O) groups excluding carboxylic acids is 2. The molecule has 6 N–H and O–H groups in total. The molecular weight excluding hydrogens is 556 g/mol. The molecule has 3 aliphatic heterocycles. The smallest absolute Gasteiger partial charge is 0.302 e. The third kappa shape index (κ3) is 5.80. The molecule has 3 aliphatic rings. The number of ether oxygens (including phenoxy) is 1. The molecule has 0 radical (unpaired) electrons. The maximum atomic E-state index is 13.0. The second-order valence-electron chi connectivity index (χ2n) is 9.57. The third-order valence-electron chi connectivity index (χ3n) is 7.21. The summed E-state index contributed by atoms with van der Waals surface area (Å²) in [4.78, 5) is 39.7. The molecule has 1 aromatic heterocycles. The number of guanidine groups is 1. The summed E-state index contributed by atoms with van der Waals surface area (Å²) in [6.45, 7) is 1.93. The van der Waals surface area contributed by atoms with Gasteiger partial charge in [-0.1, -0.05) is 34.2 Å². The summed E-state index contributed by atoms with van der Waals surface area (Å²) in [5, 5.41) is 22.5. The lowest BCUT2D eigenvalue weighted by molar-refractivity contribution is -0.133. The van der Waals surface area contributed by atoms with E-state index in [0.717, 1.165) is 17.7 Å². The minimum Gasteiger partial charge on any atom is -0.493 e. The Kier molecular flexibility index (Phi) is 8.06. The summed E-state index contributed by atoms with van der Waals surface area (Å²) in [5.74, 6) is 16.0. The fourth-order valence-electron chi connectivity index (χ4n) is 4.95. The van der Waals surface area contributed by atoms with Crippen molar-refractivity contribution in [2.24, 2.45) is 53.4 Å². The van der Waals surface area contributed by atoms with Crippen LogP contribution in [-0.2, 0) is 17.6 Å². The van der Waals surface area contributed by atoms with Crippen LogP contribution in [0.3, 0.4) is 0 Å². The Morgan fingerprint density at radius 3 is 2.61 bits per heavy atom.